The lowest BCUT2D eigenvalue weighted by atomic mass is 10.2. The van der Waals surface area contributed by atoms with Crippen LogP contribution in [0.15, 0.2) is 18.2 Å². The number of aromatic nitrogens is 1. The maximum atomic E-state index is 6.07. The Bertz CT molecular complexity index is 471. The highest BCUT2D eigenvalue weighted by molar-refractivity contribution is 6.35. The van der Waals surface area contributed by atoms with Crippen LogP contribution in [0.4, 0.5) is 5.69 Å². The van der Waals surface area contributed by atoms with Gasteiger partial charge in [0.05, 0.1) is 10.5 Å². The molecule has 0 aliphatic rings. The van der Waals surface area contributed by atoms with Crippen molar-refractivity contribution in [2.24, 2.45) is 7.05 Å². The molecule has 0 spiro atoms. The number of fused-ring (bicyclic) bond motifs is 1. The van der Waals surface area contributed by atoms with Crippen molar-refractivity contribution in [2.75, 3.05) is 5.73 Å². The summed E-state index contributed by atoms with van der Waals surface area (Å²) in [5.41, 5.74) is 8.79. The minimum Gasteiger partial charge on any atom is -0.398 e. The lowest BCUT2D eigenvalue weighted by Crippen LogP contribution is -1.91. The van der Waals surface area contributed by atoms with Crippen molar-refractivity contribution in [2.45, 2.75) is 6.92 Å². The van der Waals surface area contributed by atoms with Gasteiger partial charge in [-0.15, -0.1) is 0 Å². The summed E-state index contributed by atoms with van der Waals surface area (Å²) < 4.78 is 2.05. The normalized spacial score (nSPS) is 11.0. The first-order valence-corrected chi connectivity index (χ1v) is 4.49. The van der Waals surface area contributed by atoms with Gasteiger partial charge in [0.15, 0.2) is 0 Å². The third kappa shape index (κ3) is 1.10. The average Bonchev–Trinajstić information content (AvgIpc) is 2.38. The van der Waals surface area contributed by atoms with Crippen molar-refractivity contribution in [1.29, 1.82) is 0 Å². The Balaban J connectivity index is 3.00. The fourth-order valence-electron chi connectivity index (χ4n) is 1.57. The van der Waals surface area contributed by atoms with Crippen LogP contribution in [0.25, 0.3) is 10.9 Å². The Morgan fingerprint density at radius 2 is 2.08 bits per heavy atom. The monoisotopic (exact) mass is 194 g/mol. The first kappa shape index (κ1) is 8.45. The molecule has 3 heteroatoms. The van der Waals surface area contributed by atoms with E-state index in [2.05, 4.69) is 6.07 Å². The summed E-state index contributed by atoms with van der Waals surface area (Å²) in [6.07, 6.45) is 0. The van der Waals surface area contributed by atoms with Crippen molar-refractivity contribution < 1.29 is 0 Å². The van der Waals surface area contributed by atoms with Gasteiger partial charge in [0.25, 0.3) is 0 Å². The van der Waals surface area contributed by atoms with Crippen molar-refractivity contribution in [1.82, 2.24) is 4.57 Å². The number of nitrogens with zero attached hydrogens (tertiary/aromatic N) is 1. The minimum atomic E-state index is 0.750. The molecule has 0 aliphatic carbocycles. The number of anilines is 1. The van der Waals surface area contributed by atoms with E-state index in [1.54, 1.807) is 0 Å². The Labute approximate surface area is 81.9 Å². The van der Waals surface area contributed by atoms with E-state index in [4.69, 9.17) is 17.3 Å². The first-order valence-electron chi connectivity index (χ1n) is 4.11. The topological polar surface area (TPSA) is 30.9 Å². The van der Waals surface area contributed by atoms with Gasteiger partial charge in [-0.2, -0.15) is 0 Å². The van der Waals surface area contributed by atoms with Crippen LogP contribution in [-0.2, 0) is 7.05 Å². The minimum absolute atomic E-state index is 0.750. The van der Waals surface area contributed by atoms with E-state index in [0.29, 0.717) is 0 Å². The third-order valence-electron chi connectivity index (χ3n) is 2.42. The molecule has 2 rings (SSSR count). The van der Waals surface area contributed by atoms with Crippen molar-refractivity contribution in [3.8, 4) is 0 Å². The molecule has 0 atom stereocenters. The number of aryl methyl sites for hydroxylation is 2. The van der Waals surface area contributed by atoms with Crippen LogP contribution in [0.5, 0.6) is 0 Å². The van der Waals surface area contributed by atoms with Gasteiger partial charge in [-0.25, -0.2) is 0 Å². The maximum Gasteiger partial charge on any atom is 0.0690 e. The summed E-state index contributed by atoms with van der Waals surface area (Å²) >= 11 is 6.07. The quantitative estimate of drug-likeness (QED) is 0.643. The highest BCUT2D eigenvalue weighted by Crippen LogP contribution is 2.30. The standard InChI is InChI=1S/C10H11ClN2/c1-6-5-7-9(12)4-3-8(11)10(7)13(6)2/h3-5H,12H2,1-2H3. The van der Waals surface area contributed by atoms with Crippen LogP contribution in [0.1, 0.15) is 5.69 Å². The van der Waals surface area contributed by atoms with Crippen LogP contribution >= 0.6 is 11.6 Å². The Hall–Kier alpha value is -1.15. The lowest BCUT2D eigenvalue weighted by molar-refractivity contribution is 0.918. The largest absolute Gasteiger partial charge is 0.398 e. The van der Waals surface area contributed by atoms with E-state index in [1.165, 1.54) is 0 Å². The summed E-state index contributed by atoms with van der Waals surface area (Å²) in [6.45, 7) is 2.04. The fraction of sp³-hybridized carbons (Fsp3) is 0.200. The lowest BCUT2D eigenvalue weighted by Gasteiger charge is -2.02. The zero-order valence-electron chi connectivity index (χ0n) is 7.63. The van der Waals surface area contributed by atoms with E-state index in [9.17, 15) is 0 Å². The summed E-state index contributed by atoms with van der Waals surface area (Å²) in [5.74, 6) is 0. The van der Waals surface area contributed by atoms with Gasteiger partial charge in [0, 0.05) is 23.8 Å². The molecule has 2 aromatic rings. The molecule has 0 fully saturated rings. The van der Waals surface area contributed by atoms with Gasteiger partial charge in [0.2, 0.25) is 0 Å². The van der Waals surface area contributed by atoms with Crippen LogP contribution < -0.4 is 5.73 Å². The number of halogens is 1. The molecule has 2 N–H and O–H groups in total. The number of benzene rings is 1. The van der Waals surface area contributed by atoms with Crippen molar-refractivity contribution in [3.63, 3.8) is 0 Å². The van der Waals surface area contributed by atoms with E-state index in [1.807, 2.05) is 30.7 Å². The second-order valence-electron chi connectivity index (χ2n) is 3.24. The summed E-state index contributed by atoms with van der Waals surface area (Å²) in [5, 5.41) is 1.78. The van der Waals surface area contributed by atoms with E-state index < -0.39 is 0 Å². The molecular weight excluding hydrogens is 184 g/mol. The average molecular weight is 195 g/mol. The van der Waals surface area contributed by atoms with Crippen molar-refractivity contribution in [3.05, 3.63) is 28.9 Å². The van der Waals surface area contributed by atoms with E-state index in [0.717, 1.165) is 27.3 Å². The fourth-order valence-corrected chi connectivity index (χ4v) is 1.86. The number of nitrogens with two attached hydrogens (primary N) is 1. The van der Waals surface area contributed by atoms with Gasteiger partial charge >= 0.3 is 0 Å². The molecule has 0 amide bonds. The number of hydrogen-bond donors (Lipinski definition) is 1. The van der Waals surface area contributed by atoms with Crippen LogP contribution in [0, 0.1) is 6.92 Å². The third-order valence-corrected chi connectivity index (χ3v) is 2.72. The highest BCUT2D eigenvalue weighted by atomic mass is 35.5. The van der Waals surface area contributed by atoms with Crippen LogP contribution in [0.2, 0.25) is 5.02 Å². The summed E-state index contributed by atoms with van der Waals surface area (Å²) in [6, 6.07) is 5.72. The summed E-state index contributed by atoms with van der Waals surface area (Å²) in [7, 11) is 1.99. The number of rotatable bonds is 0. The number of nitrogen functional groups attached to an aromatic ring is 1. The van der Waals surface area contributed by atoms with Crippen molar-refractivity contribution >= 4 is 28.2 Å². The molecule has 0 aliphatic heterocycles. The first-order chi connectivity index (χ1) is 6.11. The highest BCUT2D eigenvalue weighted by Gasteiger charge is 2.08. The summed E-state index contributed by atoms with van der Waals surface area (Å²) in [4.78, 5) is 0. The van der Waals surface area contributed by atoms with E-state index in [-0.39, 0.29) is 0 Å². The molecule has 2 nitrogen and oxygen atoms in total. The SMILES string of the molecule is Cc1cc2c(N)ccc(Cl)c2n1C. The second-order valence-corrected chi connectivity index (χ2v) is 3.65. The predicted octanol–water partition coefficient (Wildman–Crippen LogP) is 2.72. The molecule has 0 saturated carbocycles. The Morgan fingerprint density at radius 3 is 2.69 bits per heavy atom. The maximum absolute atomic E-state index is 6.07. The molecule has 0 saturated heterocycles. The molecule has 1 heterocycles. The molecule has 68 valence electrons. The molecule has 1 aromatic heterocycles. The van der Waals surface area contributed by atoms with E-state index >= 15 is 0 Å². The predicted molar refractivity (Wildman–Crippen MR) is 57.1 cm³/mol. The van der Waals surface area contributed by atoms with Gasteiger partial charge in [-0.1, -0.05) is 11.6 Å². The smallest absolute Gasteiger partial charge is 0.0690 e. The molecule has 1 aromatic carbocycles. The number of hydrogen-bond acceptors (Lipinski definition) is 1. The zero-order chi connectivity index (χ0) is 9.59. The van der Waals surface area contributed by atoms with Gasteiger partial charge in [0.1, 0.15) is 0 Å². The molecule has 0 bridgehead atoms. The Morgan fingerprint density at radius 1 is 1.38 bits per heavy atom. The van der Waals surface area contributed by atoms with Gasteiger partial charge in [-0.3, -0.25) is 0 Å². The molecule has 13 heavy (non-hydrogen) atoms. The molecule has 0 unspecified atom stereocenters. The Kier molecular flexibility index (Phi) is 1.74. The molecule has 0 radical (unpaired) electrons. The second kappa shape index (κ2) is 2.67. The molecular formula is C10H11ClN2. The van der Waals surface area contributed by atoms with Gasteiger partial charge in [-0.05, 0) is 25.1 Å². The van der Waals surface area contributed by atoms with Gasteiger partial charge < -0.3 is 10.3 Å². The van der Waals surface area contributed by atoms with Crippen LogP contribution in [0.3, 0.4) is 0 Å². The van der Waals surface area contributed by atoms with Crippen LogP contribution in [-0.4, -0.2) is 4.57 Å². The zero-order valence-corrected chi connectivity index (χ0v) is 8.39.